The van der Waals surface area contributed by atoms with E-state index in [4.69, 9.17) is 5.11 Å². The highest BCUT2D eigenvalue weighted by atomic mass is 16.4. The number of hydrogen-bond acceptors (Lipinski definition) is 2. The molecule has 2 aromatic rings. The number of carboxylic acid groups (broad SMARTS) is 1. The minimum absolute atomic E-state index is 0.288. The number of para-hydroxylation sites is 1. The van der Waals surface area contributed by atoms with Crippen LogP contribution >= 0.6 is 0 Å². The van der Waals surface area contributed by atoms with Crippen LogP contribution in [-0.2, 0) is 6.42 Å². The third-order valence-corrected chi connectivity index (χ3v) is 2.59. The van der Waals surface area contributed by atoms with Crippen LogP contribution in [0.1, 0.15) is 29.4 Å². The molecule has 0 bridgehead atoms. The second kappa shape index (κ2) is 4.82. The second-order valence-corrected chi connectivity index (χ2v) is 3.81. The van der Waals surface area contributed by atoms with Gasteiger partial charge in [-0.25, -0.2) is 9.48 Å². The van der Waals surface area contributed by atoms with Gasteiger partial charge >= 0.3 is 5.97 Å². The SMILES string of the molecule is CCCc1c(C(=O)O)cnn1-c1ccccc1. The lowest BCUT2D eigenvalue weighted by atomic mass is 10.1. The number of nitrogens with zero attached hydrogens (tertiary/aromatic N) is 2. The Labute approximate surface area is 99.5 Å². The molecule has 0 saturated heterocycles. The number of benzene rings is 1. The molecule has 0 aliphatic rings. The zero-order valence-corrected chi connectivity index (χ0v) is 9.63. The first kappa shape index (κ1) is 11.4. The lowest BCUT2D eigenvalue weighted by molar-refractivity contribution is 0.0695. The Hall–Kier alpha value is -2.10. The average Bonchev–Trinajstić information content (AvgIpc) is 2.75. The molecule has 1 aromatic heterocycles. The summed E-state index contributed by atoms with van der Waals surface area (Å²) in [7, 11) is 0. The first-order chi connectivity index (χ1) is 8.24. The fourth-order valence-electron chi connectivity index (χ4n) is 1.82. The maximum absolute atomic E-state index is 11.1. The van der Waals surface area contributed by atoms with Gasteiger partial charge in [-0.1, -0.05) is 31.5 Å². The first-order valence-electron chi connectivity index (χ1n) is 5.59. The van der Waals surface area contributed by atoms with Gasteiger partial charge in [0.05, 0.1) is 17.6 Å². The number of rotatable bonds is 4. The molecule has 1 N–H and O–H groups in total. The van der Waals surface area contributed by atoms with Crippen LogP contribution in [0.15, 0.2) is 36.5 Å². The molecule has 0 amide bonds. The standard InChI is InChI=1S/C13H14N2O2/c1-2-6-12-11(13(16)17)9-14-15(12)10-7-4-3-5-8-10/h3-5,7-9H,2,6H2,1H3,(H,16,17). The average molecular weight is 230 g/mol. The molecular weight excluding hydrogens is 216 g/mol. The molecule has 0 unspecified atom stereocenters. The van der Waals surface area contributed by atoms with Crippen molar-refractivity contribution in [1.29, 1.82) is 0 Å². The molecule has 1 heterocycles. The molecule has 0 atom stereocenters. The van der Waals surface area contributed by atoms with Crippen LogP contribution in [0.5, 0.6) is 0 Å². The van der Waals surface area contributed by atoms with Crippen molar-refractivity contribution in [3.63, 3.8) is 0 Å². The van der Waals surface area contributed by atoms with Gasteiger partial charge in [-0.2, -0.15) is 5.10 Å². The van der Waals surface area contributed by atoms with Gasteiger partial charge in [0.15, 0.2) is 0 Å². The Morgan fingerprint density at radius 2 is 2.06 bits per heavy atom. The maximum atomic E-state index is 11.1. The molecule has 0 aliphatic heterocycles. The smallest absolute Gasteiger partial charge is 0.339 e. The van der Waals surface area contributed by atoms with Crippen LogP contribution in [0.3, 0.4) is 0 Å². The van der Waals surface area contributed by atoms with Crippen molar-refractivity contribution in [2.24, 2.45) is 0 Å². The molecule has 88 valence electrons. The zero-order valence-electron chi connectivity index (χ0n) is 9.63. The molecule has 17 heavy (non-hydrogen) atoms. The minimum atomic E-state index is -0.921. The molecule has 0 aliphatic carbocycles. The maximum Gasteiger partial charge on any atom is 0.339 e. The Kier molecular flexibility index (Phi) is 3.23. The van der Waals surface area contributed by atoms with Crippen molar-refractivity contribution in [3.8, 4) is 5.69 Å². The molecule has 2 rings (SSSR count). The fraction of sp³-hybridized carbons (Fsp3) is 0.231. The zero-order chi connectivity index (χ0) is 12.3. The van der Waals surface area contributed by atoms with Gasteiger partial charge in [0.25, 0.3) is 0 Å². The summed E-state index contributed by atoms with van der Waals surface area (Å²) in [6.45, 7) is 2.02. The van der Waals surface area contributed by atoms with Crippen LogP contribution in [-0.4, -0.2) is 20.9 Å². The van der Waals surface area contributed by atoms with Crippen LogP contribution in [0, 0.1) is 0 Å². The van der Waals surface area contributed by atoms with Gasteiger partial charge in [0.2, 0.25) is 0 Å². The number of aromatic carboxylic acids is 1. The van der Waals surface area contributed by atoms with Gasteiger partial charge in [-0.15, -0.1) is 0 Å². The van der Waals surface area contributed by atoms with Crippen molar-refractivity contribution in [2.45, 2.75) is 19.8 Å². The summed E-state index contributed by atoms with van der Waals surface area (Å²) in [6, 6.07) is 9.57. The number of carboxylic acids is 1. The van der Waals surface area contributed by atoms with E-state index >= 15 is 0 Å². The van der Waals surface area contributed by atoms with Gasteiger partial charge in [0, 0.05) is 0 Å². The Morgan fingerprint density at radius 3 is 2.65 bits per heavy atom. The van der Waals surface area contributed by atoms with Gasteiger partial charge in [-0.05, 0) is 18.6 Å². The molecule has 0 spiro atoms. The summed E-state index contributed by atoms with van der Waals surface area (Å²) in [5.41, 5.74) is 1.94. The molecule has 1 aromatic carbocycles. The summed E-state index contributed by atoms with van der Waals surface area (Å²) in [5.74, 6) is -0.921. The van der Waals surface area contributed by atoms with Crippen molar-refractivity contribution in [2.75, 3.05) is 0 Å². The summed E-state index contributed by atoms with van der Waals surface area (Å²) in [4.78, 5) is 11.1. The third kappa shape index (κ3) is 2.20. The highest BCUT2D eigenvalue weighted by molar-refractivity contribution is 5.88. The Bertz CT molecular complexity index is 517. The number of carbonyl (C=O) groups is 1. The van der Waals surface area contributed by atoms with E-state index in [1.165, 1.54) is 6.20 Å². The highest BCUT2D eigenvalue weighted by Gasteiger charge is 2.16. The van der Waals surface area contributed by atoms with Crippen LogP contribution < -0.4 is 0 Å². The molecule has 4 nitrogen and oxygen atoms in total. The lowest BCUT2D eigenvalue weighted by Gasteiger charge is -2.07. The van der Waals surface area contributed by atoms with E-state index in [1.54, 1.807) is 4.68 Å². The van der Waals surface area contributed by atoms with E-state index in [-0.39, 0.29) is 5.56 Å². The fourth-order valence-corrected chi connectivity index (χ4v) is 1.82. The largest absolute Gasteiger partial charge is 0.478 e. The lowest BCUT2D eigenvalue weighted by Crippen LogP contribution is -2.06. The molecule has 0 fully saturated rings. The summed E-state index contributed by atoms with van der Waals surface area (Å²) < 4.78 is 1.70. The molecule has 4 heteroatoms. The quantitative estimate of drug-likeness (QED) is 0.878. The monoisotopic (exact) mass is 230 g/mol. The number of aromatic nitrogens is 2. The topological polar surface area (TPSA) is 55.1 Å². The van der Waals surface area contributed by atoms with Gasteiger partial charge < -0.3 is 5.11 Å². The van der Waals surface area contributed by atoms with Crippen molar-refractivity contribution < 1.29 is 9.90 Å². The van der Waals surface area contributed by atoms with Crippen LogP contribution in [0.4, 0.5) is 0 Å². The summed E-state index contributed by atoms with van der Waals surface area (Å²) in [5, 5.41) is 13.3. The normalized spacial score (nSPS) is 10.4. The predicted octanol–water partition coefficient (Wildman–Crippen LogP) is 2.52. The minimum Gasteiger partial charge on any atom is -0.478 e. The van der Waals surface area contributed by atoms with Crippen molar-refractivity contribution in [1.82, 2.24) is 9.78 Å². The first-order valence-corrected chi connectivity index (χ1v) is 5.59. The van der Waals surface area contributed by atoms with Gasteiger partial charge in [0.1, 0.15) is 5.56 Å². The molecule has 0 saturated carbocycles. The molecule has 0 radical (unpaired) electrons. The third-order valence-electron chi connectivity index (χ3n) is 2.59. The summed E-state index contributed by atoms with van der Waals surface area (Å²) >= 11 is 0. The van der Waals surface area contributed by atoms with Gasteiger partial charge in [-0.3, -0.25) is 0 Å². The van der Waals surface area contributed by atoms with Crippen LogP contribution in [0.2, 0.25) is 0 Å². The number of hydrogen-bond donors (Lipinski definition) is 1. The van der Waals surface area contributed by atoms with Crippen LogP contribution in [0.25, 0.3) is 5.69 Å². The Morgan fingerprint density at radius 1 is 1.35 bits per heavy atom. The van der Waals surface area contributed by atoms with E-state index in [0.717, 1.165) is 17.8 Å². The van der Waals surface area contributed by atoms with E-state index in [0.29, 0.717) is 6.42 Å². The van der Waals surface area contributed by atoms with Crippen molar-refractivity contribution >= 4 is 5.97 Å². The van der Waals surface area contributed by atoms with E-state index in [1.807, 2.05) is 37.3 Å². The van der Waals surface area contributed by atoms with E-state index in [9.17, 15) is 4.79 Å². The van der Waals surface area contributed by atoms with E-state index in [2.05, 4.69) is 5.10 Å². The van der Waals surface area contributed by atoms with E-state index < -0.39 is 5.97 Å². The molecular formula is C13H14N2O2. The Balaban J connectivity index is 2.51. The predicted molar refractivity (Wildman–Crippen MR) is 64.5 cm³/mol. The highest BCUT2D eigenvalue weighted by Crippen LogP contribution is 2.16. The second-order valence-electron chi connectivity index (χ2n) is 3.81. The summed E-state index contributed by atoms with van der Waals surface area (Å²) in [6.07, 6.45) is 3.01. The van der Waals surface area contributed by atoms with Crippen molar-refractivity contribution in [3.05, 3.63) is 47.8 Å².